The van der Waals surface area contributed by atoms with Crippen LogP contribution in [0.4, 0.5) is 5.69 Å². The second-order valence-corrected chi connectivity index (χ2v) is 2.22. The number of hydrogen-bond acceptors (Lipinski definition) is 3. The predicted octanol–water partition coefficient (Wildman–Crippen LogP) is -0.167. The van der Waals surface area contributed by atoms with Crippen LogP contribution in [0.15, 0.2) is 17.2 Å². The third-order valence-corrected chi connectivity index (χ3v) is 1.50. The molecule has 2 aromatic heterocycles. The van der Waals surface area contributed by atoms with Gasteiger partial charge >= 0.3 is 5.69 Å². The van der Waals surface area contributed by atoms with Crippen LogP contribution in [0.2, 0.25) is 0 Å². The van der Waals surface area contributed by atoms with Gasteiger partial charge in [0.25, 0.3) is 0 Å². The zero-order valence-corrected chi connectivity index (χ0v) is 5.59. The summed E-state index contributed by atoms with van der Waals surface area (Å²) >= 11 is 0. The molecule has 0 radical (unpaired) electrons. The lowest BCUT2D eigenvalue weighted by molar-refractivity contribution is 1.11. The lowest BCUT2D eigenvalue weighted by Gasteiger charge is -1.86. The van der Waals surface area contributed by atoms with Gasteiger partial charge in [0.1, 0.15) is 5.65 Å². The lowest BCUT2D eigenvalue weighted by atomic mass is 10.4. The number of fused-ring (bicyclic) bond motifs is 1. The van der Waals surface area contributed by atoms with E-state index in [0.29, 0.717) is 11.3 Å². The SMILES string of the molecule is Nc1c[nH]c2[nH]c(=O)ncc12. The number of nitrogens with one attached hydrogen (secondary N) is 2. The Labute approximate surface area is 61.3 Å². The number of nitrogens with zero attached hydrogens (tertiary/aromatic N) is 1. The molecule has 5 heteroatoms. The van der Waals surface area contributed by atoms with Crippen molar-refractivity contribution >= 4 is 16.7 Å². The van der Waals surface area contributed by atoms with E-state index in [2.05, 4.69) is 15.0 Å². The van der Waals surface area contributed by atoms with Crippen molar-refractivity contribution in [3.63, 3.8) is 0 Å². The minimum Gasteiger partial charge on any atom is -0.397 e. The smallest absolute Gasteiger partial charge is 0.346 e. The molecule has 0 aromatic carbocycles. The van der Waals surface area contributed by atoms with Crippen LogP contribution < -0.4 is 11.4 Å². The van der Waals surface area contributed by atoms with Crippen molar-refractivity contribution in [2.75, 3.05) is 5.73 Å². The number of nitrogen functional groups attached to an aromatic ring is 1. The fraction of sp³-hybridized carbons (Fsp3) is 0. The quantitative estimate of drug-likeness (QED) is 0.487. The Kier molecular flexibility index (Phi) is 1.00. The average Bonchev–Trinajstić information content (AvgIpc) is 2.32. The number of hydrogen-bond donors (Lipinski definition) is 3. The van der Waals surface area contributed by atoms with Gasteiger partial charge in [-0.3, -0.25) is 4.98 Å². The van der Waals surface area contributed by atoms with E-state index in [-0.39, 0.29) is 5.69 Å². The normalized spacial score (nSPS) is 10.5. The molecule has 2 aromatic rings. The maximum Gasteiger partial charge on any atom is 0.346 e. The van der Waals surface area contributed by atoms with E-state index < -0.39 is 0 Å². The Balaban J connectivity index is 2.96. The monoisotopic (exact) mass is 150 g/mol. The van der Waals surface area contributed by atoms with Crippen molar-refractivity contribution in [2.45, 2.75) is 0 Å². The molecule has 2 rings (SSSR count). The molecule has 2 heterocycles. The van der Waals surface area contributed by atoms with Gasteiger partial charge in [-0.2, -0.15) is 0 Å². The van der Waals surface area contributed by atoms with Crippen LogP contribution in [-0.4, -0.2) is 15.0 Å². The van der Waals surface area contributed by atoms with Gasteiger partial charge in [0.05, 0.1) is 11.1 Å². The van der Waals surface area contributed by atoms with Crippen molar-refractivity contribution in [1.82, 2.24) is 15.0 Å². The van der Waals surface area contributed by atoms with Crippen LogP contribution in [0, 0.1) is 0 Å². The summed E-state index contributed by atoms with van der Waals surface area (Å²) in [4.78, 5) is 19.5. The molecular weight excluding hydrogens is 144 g/mol. The molecule has 0 saturated heterocycles. The first-order valence-electron chi connectivity index (χ1n) is 3.09. The molecule has 0 bridgehead atoms. The van der Waals surface area contributed by atoms with E-state index in [4.69, 9.17) is 5.73 Å². The average molecular weight is 150 g/mol. The first-order chi connectivity index (χ1) is 5.27. The maximum atomic E-state index is 10.7. The fourth-order valence-electron chi connectivity index (χ4n) is 0.955. The van der Waals surface area contributed by atoms with Crippen LogP contribution in [0.25, 0.3) is 11.0 Å². The standard InChI is InChI=1S/C6H6N4O/c7-4-2-8-5-3(4)1-9-6(11)10-5/h1-2H,7H2,(H2,8,9,10,11). The molecule has 0 aliphatic rings. The minimum absolute atomic E-state index is 0.376. The molecule has 0 aliphatic heterocycles. The minimum atomic E-state index is -0.376. The lowest BCUT2D eigenvalue weighted by Crippen LogP contribution is -2.08. The molecule has 0 aliphatic carbocycles. The zero-order valence-electron chi connectivity index (χ0n) is 5.59. The van der Waals surface area contributed by atoms with Crippen molar-refractivity contribution in [3.05, 3.63) is 22.9 Å². The van der Waals surface area contributed by atoms with E-state index in [0.717, 1.165) is 5.39 Å². The van der Waals surface area contributed by atoms with Crippen molar-refractivity contribution in [1.29, 1.82) is 0 Å². The molecule has 11 heavy (non-hydrogen) atoms. The molecule has 5 nitrogen and oxygen atoms in total. The molecule has 0 unspecified atom stereocenters. The third-order valence-electron chi connectivity index (χ3n) is 1.50. The number of H-pyrrole nitrogens is 2. The number of nitrogens with two attached hydrogens (primary N) is 1. The summed E-state index contributed by atoms with van der Waals surface area (Å²) in [5, 5.41) is 0.740. The zero-order chi connectivity index (χ0) is 7.84. The van der Waals surface area contributed by atoms with E-state index in [1.165, 1.54) is 6.20 Å². The molecule has 0 spiro atoms. The number of aromatic amines is 2. The summed E-state index contributed by atoms with van der Waals surface area (Å²) < 4.78 is 0. The number of aromatic nitrogens is 3. The first kappa shape index (κ1) is 5.96. The van der Waals surface area contributed by atoms with Crippen LogP contribution in [0.5, 0.6) is 0 Å². The molecule has 4 N–H and O–H groups in total. The van der Waals surface area contributed by atoms with E-state index in [9.17, 15) is 4.79 Å². The molecule has 56 valence electrons. The summed E-state index contributed by atoms with van der Waals surface area (Å²) in [6.07, 6.45) is 3.06. The van der Waals surface area contributed by atoms with Gasteiger partial charge in [-0.05, 0) is 0 Å². The number of anilines is 1. The molecule has 0 fully saturated rings. The topological polar surface area (TPSA) is 87.6 Å². The molecule has 0 amide bonds. The van der Waals surface area contributed by atoms with Crippen molar-refractivity contribution in [2.24, 2.45) is 0 Å². The van der Waals surface area contributed by atoms with Gasteiger partial charge < -0.3 is 10.7 Å². The summed E-state index contributed by atoms with van der Waals surface area (Å²) in [7, 11) is 0. The second-order valence-electron chi connectivity index (χ2n) is 2.22. The van der Waals surface area contributed by atoms with E-state index >= 15 is 0 Å². The van der Waals surface area contributed by atoms with Gasteiger partial charge in [0.2, 0.25) is 0 Å². The number of rotatable bonds is 0. The van der Waals surface area contributed by atoms with Gasteiger partial charge in [0, 0.05) is 12.4 Å². The summed E-state index contributed by atoms with van der Waals surface area (Å²) in [5.41, 5.74) is 6.36. The maximum absolute atomic E-state index is 10.7. The highest BCUT2D eigenvalue weighted by Crippen LogP contribution is 2.14. The fourth-order valence-corrected chi connectivity index (χ4v) is 0.955. The highest BCUT2D eigenvalue weighted by molar-refractivity contribution is 5.87. The molecular formula is C6H6N4O. The van der Waals surface area contributed by atoms with Gasteiger partial charge in [-0.25, -0.2) is 9.78 Å². The van der Waals surface area contributed by atoms with Crippen molar-refractivity contribution < 1.29 is 0 Å². The molecule has 0 atom stereocenters. The Morgan fingerprint density at radius 3 is 3.18 bits per heavy atom. The highest BCUT2D eigenvalue weighted by atomic mass is 16.1. The highest BCUT2D eigenvalue weighted by Gasteiger charge is 1.99. The largest absolute Gasteiger partial charge is 0.397 e. The van der Waals surface area contributed by atoms with Gasteiger partial charge in [-0.15, -0.1) is 0 Å². The van der Waals surface area contributed by atoms with Crippen molar-refractivity contribution in [3.8, 4) is 0 Å². The summed E-state index contributed by atoms with van der Waals surface area (Å²) in [6.45, 7) is 0. The van der Waals surface area contributed by atoms with E-state index in [1.54, 1.807) is 6.20 Å². The van der Waals surface area contributed by atoms with Gasteiger partial charge in [-0.1, -0.05) is 0 Å². The predicted molar refractivity (Wildman–Crippen MR) is 41.1 cm³/mol. The van der Waals surface area contributed by atoms with Crippen LogP contribution in [-0.2, 0) is 0 Å². The molecule has 0 saturated carbocycles. The summed E-state index contributed by atoms with van der Waals surface area (Å²) in [5.74, 6) is 0. The van der Waals surface area contributed by atoms with Crippen LogP contribution in [0.1, 0.15) is 0 Å². The Hall–Kier alpha value is -1.78. The van der Waals surface area contributed by atoms with E-state index in [1.807, 2.05) is 0 Å². The second kappa shape index (κ2) is 1.85. The Morgan fingerprint density at radius 2 is 2.36 bits per heavy atom. The summed E-state index contributed by atoms with van der Waals surface area (Å²) in [6, 6.07) is 0. The van der Waals surface area contributed by atoms with Crippen LogP contribution >= 0.6 is 0 Å². The first-order valence-corrected chi connectivity index (χ1v) is 3.09. The Morgan fingerprint density at radius 1 is 1.55 bits per heavy atom. The van der Waals surface area contributed by atoms with Crippen LogP contribution in [0.3, 0.4) is 0 Å². The van der Waals surface area contributed by atoms with Gasteiger partial charge in [0.15, 0.2) is 0 Å². The Bertz CT molecular complexity index is 441. The third kappa shape index (κ3) is 0.778.